The number of carbonyl (C=O) groups excluding carboxylic acids is 2. The number of esters is 1. The smallest absolute Gasteiger partial charge is 0.336 e. The Morgan fingerprint density at radius 3 is 3.05 bits per heavy atom. The summed E-state index contributed by atoms with van der Waals surface area (Å²) in [4.78, 5) is 22.9. The van der Waals surface area contributed by atoms with Crippen LogP contribution in [0.3, 0.4) is 0 Å². The fraction of sp³-hybridized carbons (Fsp3) is 0.385. The van der Waals surface area contributed by atoms with Crippen LogP contribution in [0.2, 0.25) is 0 Å². The van der Waals surface area contributed by atoms with Crippen LogP contribution in [-0.2, 0) is 14.3 Å². The topological polar surface area (TPSA) is 96.9 Å². The third-order valence-electron chi connectivity index (χ3n) is 2.87. The van der Waals surface area contributed by atoms with E-state index in [9.17, 15) is 14.7 Å². The van der Waals surface area contributed by atoms with Gasteiger partial charge in [0.2, 0.25) is 0 Å². The molecule has 1 aliphatic heterocycles. The molecule has 1 amide bonds. The molecule has 0 saturated heterocycles. The standard InChI is InChI=1S/C13H16N2O5/c1-19-13(18)9(16)6-15-12(17)11-7-14-8-4-2-3-5-10(8)20-11/h2-5,9,11,14,16H,6-7H2,1H3,(H,15,17). The molecular weight excluding hydrogens is 264 g/mol. The lowest BCUT2D eigenvalue weighted by Gasteiger charge is -2.26. The lowest BCUT2D eigenvalue weighted by atomic mass is 10.2. The number of aliphatic hydroxyl groups excluding tert-OH is 1. The van der Waals surface area contributed by atoms with Crippen molar-refractivity contribution in [3.63, 3.8) is 0 Å². The van der Waals surface area contributed by atoms with Gasteiger partial charge < -0.3 is 25.2 Å². The van der Waals surface area contributed by atoms with E-state index in [1.165, 1.54) is 7.11 Å². The Hall–Kier alpha value is -2.28. The molecular formula is C13H16N2O5. The number of para-hydroxylation sites is 2. The number of carbonyl (C=O) groups is 2. The minimum Gasteiger partial charge on any atom is -0.477 e. The second-order valence-corrected chi connectivity index (χ2v) is 4.27. The number of nitrogens with one attached hydrogen (secondary N) is 2. The van der Waals surface area contributed by atoms with Gasteiger partial charge in [-0.2, -0.15) is 0 Å². The Morgan fingerprint density at radius 1 is 1.55 bits per heavy atom. The molecule has 108 valence electrons. The number of benzene rings is 1. The maximum absolute atomic E-state index is 11.9. The van der Waals surface area contributed by atoms with Gasteiger partial charge in [0.25, 0.3) is 5.91 Å². The number of hydrogen-bond acceptors (Lipinski definition) is 6. The molecule has 0 fully saturated rings. The molecule has 1 aromatic carbocycles. The maximum atomic E-state index is 11.9. The highest BCUT2D eigenvalue weighted by atomic mass is 16.5. The summed E-state index contributed by atoms with van der Waals surface area (Å²) in [7, 11) is 1.17. The van der Waals surface area contributed by atoms with Crippen molar-refractivity contribution in [1.82, 2.24) is 5.32 Å². The van der Waals surface area contributed by atoms with Crippen LogP contribution >= 0.6 is 0 Å². The minimum absolute atomic E-state index is 0.215. The second-order valence-electron chi connectivity index (χ2n) is 4.27. The molecule has 20 heavy (non-hydrogen) atoms. The van der Waals surface area contributed by atoms with Crippen LogP contribution in [-0.4, -0.2) is 49.4 Å². The van der Waals surface area contributed by atoms with Crippen molar-refractivity contribution in [2.45, 2.75) is 12.2 Å². The SMILES string of the molecule is COC(=O)C(O)CNC(=O)C1CNc2ccccc2O1. The van der Waals surface area contributed by atoms with Gasteiger partial charge >= 0.3 is 5.97 Å². The molecule has 3 N–H and O–H groups in total. The minimum atomic E-state index is -1.38. The number of ether oxygens (including phenoxy) is 2. The van der Waals surface area contributed by atoms with E-state index in [0.29, 0.717) is 12.3 Å². The predicted octanol–water partition coefficient (Wildman–Crippen LogP) is -0.490. The van der Waals surface area contributed by atoms with Crippen LogP contribution in [0.1, 0.15) is 0 Å². The molecule has 0 aromatic heterocycles. The first-order chi connectivity index (χ1) is 9.61. The monoisotopic (exact) mass is 280 g/mol. The van der Waals surface area contributed by atoms with Gasteiger partial charge in [-0.1, -0.05) is 12.1 Å². The molecule has 7 heteroatoms. The van der Waals surface area contributed by atoms with E-state index in [2.05, 4.69) is 15.4 Å². The van der Waals surface area contributed by atoms with E-state index in [-0.39, 0.29) is 6.54 Å². The number of aliphatic hydroxyl groups is 1. The summed E-state index contributed by atoms with van der Waals surface area (Å²) in [6.45, 7) is 0.101. The van der Waals surface area contributed by atoms with Crippen molar-refractivity contribution < 1.29 is 24.2 Å². The van der Waals surface area contributed by atoms with Crippen LogP contribution < -0.4 is 15.4 Å². The van der Waals surface area contributed by atoms with Crippen molar-refractivity contribution in [2.75, 3.05) is 25.5 Å². The first kappa shape index (κ1) is 14.1. The lowest BCUT2D eigenvalue weighted by molar-refractivity contribution is -0.150. The fourth-order valence-corrected chi connectivity index (χ4v) is 1.79. The largest absolute Gasteiger partial charge is 0.477 e. The lowest BCUT2D eigenvalue weighted by Crippen LogP contribution is -2.47. The zero-order valence-electron chi connectivity index (χ0n) is 11.0. The summed E-state index contributed by atoms with van der Waals surface area (Å²) in [5.41, 5.74) is 0.825. The quantitative estimate of drug-likeness (QED) is 0.644. The number of rotatable bonds is 4. The molecule has 1 heterocycles. The van der Waals surface area contributed by atoms with E-state index < -0.39 is 24.1 Å². The normalized spacial score (nSPS) is 18.0. The molecule has 2 rings (SSSR count). The summed E-state index contributed by atoms with van der Waals surface area (Å²) in [6.07, 6.45) is -2.09. The van der Waals surface area contributed by atoms with Crippen LogP contribution in [0.25, 0.3) is 0 Å². The number of methoxy groups -OCH3 is 1. The van der Waals surface area contributed by atoms with Crippen molar-refractivity contribution in [3.8, 4) is 5.75 Å². The molecule has 0 aliphatic carbocycles. The average Bonchev–Trinajstić information content (AvgIpc) is 2.50. The van der Waals surface area contributed by atoms with E-state index in [0.717, 1.165) is 5.69 Å². The molecule has 1 aromatic rings. The van der Waals surface area contributed by atoms with Gasteiger partial charge in [-0.05, 0) is 12.1 Å². The van der Waals surface area contributed by atoms with E-state index >= 15 is 0 Å². The Bertz CT molecular complexity index is 505. The number of anilines is 1. The zero-order chi connectivity index (χ0) is 14.5. The average molecular weight is 280 g/mol. The van der Waals surface area contributed by atoms with Gasteiger partial charge in [0.15, 0.2) is 12.2 Å². The molecule has 0 radical (unpaired) electrons. The molecule has 0 spiro atoms. The highest BCUT2D eigenvalue weighted by Gasteiger charge is 2.26. The molecule has 2 unspecified atom stereocenters. The first-order valence-corrected chi connectivity index (χ1v) is 6.15. The Labute approximate surface area is 115 Å². The van der Waals surface area contributed by atoms with Gasteiger partial charge in [0, 0.05) is 0 Å². The molecule has 1 aliphatic rings. The summed E-state index contributed by atoms with van der Waals surface area (Å²) < 4.78 is 9.89. The van der Waals surface area contributed by atoms with Crippen molar-refractivity contribution in [3.05, 3.63) is 24.3 Å². The maximum Gasteiger partial charge on any atom is 0.336 e. The highest BCUT2D eigenvalue weighted by molar-refractivity contribution is 5.84. The Balaban J connectivity index is 1.87. The first-order valence-electron chi connectivity index (χ1n) is 6.15. The van der Waals surface area contributed by atoms with E-state index in [1.54, 1.807) is 6.07 Å². The summed E-state index contributed by atoms with van der Waals surface area (Å²) in [6, 6.07) is 7.28. The van der Waals surface area contributed by atoms with Gasteiger partial charge in [0.1, 0.15) is 5.75 Å². The van der Waals surface area contributed by atoms with Crippen molar-refractivity contribution in [1.29, 1.82) is 0 Å². The van der Waals surface area contributed by atoms with Crippen molar-refractivity contribution >= 4 is 17.6 Å². The van der Waals surface area contributed by atoms with E-state index in [4.69, 9.17) is 4.74 Å². The van der Waals surface area contributed by atoms with Crippen molar-refractivity contribution in [2.24, 2.45) is 0 Å². The number of fused-ring (bicyclic) bond motifs is 1. The summed E-state index contributed by atoms with van der Waals surface area (Å²) in [5.74, 6) is -0.610. The number of amides is 1. The van der Waals surface area contributed by atoms with Crippen LogP contribution in [0.4, 0.5) is 5.69 Å². The molecule has 0 saturated carbocycles. The summed E-state index contributed by atoms with van der Waals surface area (Å²) in [5, 5.41) is 14.9. The highest BCUT2D eigenvalue weighted by Crippen LogP contribution is 2.28. The second kappa shape index (κ2) is 6.25. The predicted molar refractivity (Wildman–Crippen MR) is 70.4 cm³/mol. The third kappa shape index (κ3) is 3.18. The van der Waals surface area contributed by atoms with Crippen LogP contribution in [0.15, 0.2) is 24.3 Å². The zero-order valence-corrected chi connectivity index (χ0v) is 11.0. The Morgan fingerprint density at radius 2 is 2.30 bits per heavy atom. The van der Waals surface area contributed by atoms with E-state index in [1.807, 2.05) is 18.2 Å². The summed E-state index contributed by atoms with van der Waals surface area (Å²) >= 11 is 0. The number of hydrogen-bond donors (Lipinski definition) is 3. The molecule has 7 nitrogen and oxygen atoms in total. The van der Waals surface area contributed by atoms with Crippen LogP contribution in [0, 0.1) is 0 Å². The van der Waals surface area contributed by atoms with Gasteiger partial charge in [-0.3, -0.25) is 4.79 Å². The van der Waals surface area contributed by atoms with Gasteiger partial charge in [0.05, 0.1) is 25.9 Å². The van der Waals surface area contributed by atoms with Gasteiger partial charge in [-0.25, -0.2) is 4.79 Å². The van der Waals surface area contributed by atoms with Crippen LogP contribution in [0.5, 0.6) is 5.75 Å². The Kier molecular flexibility index (Phi) is 4.41. The van der Waals surface area contributed by atoms with Gasteiger partial charge in [-0.15, -0.1) is 0 Å². The molecule has 0 bridgehead atoms. The molecule has 2 atom stereocenters. The third-order valence-corrected chi connectivity index (χ3v) is 2.87. The fourth-order valence-electron chi connectivity index (χ4n) is 1.79.